The number of fused-ring (bicyclic) bond motifs is 3. The largest absolute Gasteiger partial charge is 0.494 e. The highest BCUT2D eigenvalue weighted by Gasteiger charge is 2.55. The molecule has 75 heavy (non-hydrogen) atoms. The Morgan fingerprint density at radius 3 is 2.16 bits per heavy atom. The number of rotatable bonds is 18. The number of phosphoric acid groups is 1. The number of aromatic nitrogens is 6. The molecule has 0 bridgehead atoms. The molecule has 6 aromatic rings. The van der Waals surface area contributed by atoms with Crippen LogP contribution in [0.4, 0.5) is 14.6 Å². The van der Waals surface area contributed by atoms with Gasteiger partial charge in [-0.3, -0.25) is 37.0 Å². The molecule has 3 aliphatic heterocycles. The third-order valence-electron chi connectivity index (χ3n) is 12.7. The molecular weight excluding hydrogens is 1040 g/mol. The third-order valence-corrected chi connectivity index (χ3v) is 17.3. The number of H-pyrrole nitrogens is 1. The Balaban J connectivity index is 0.914. The molecule has 3 aromatic heterocycles. The van der Waals surface area contributed by atoms with Crippen LogP contribution < -0.4 is 26.5 Å². The Labute approximate surface area is 432 Å². The highest BCUT2D eigenvalue weighted by atomic mass is 32.7. The molecule has 2 unspecified atom stereocenters. The molecule has 0 aliphatic carbocycles. The van der Waals surface area contributed by atoms with E-state index >= 15 is 13.3 Å². The van der Waals surface area contributed by atoms with Gasteiger partial charge >= 0.3 is 26.3 Å². The van der Waals surface area contributed by atoms with Crippen molar-refractivity contribution in [3.05, 3.63) is 130 Å². The monoisotopic (exact) mass is 1100 g/mol. The number of aromatic amines is 1. The summed E-state index contributed by atoms with van der Waals surface area (Å²) >= 11 is 0.596. The van der Waals surface area contributed by atoms with Gasteiger partial charge < -0.3 is 29.6 Å². The Kier molecular flexibility index (Phi) is 17.4. The molecule has 3 saturated heterocycles. The van der Waals surface area contributed by atoms with E-state index < -0.39 is 94.3 Å². The lowest BCUT2D eigenvalue weighted by atomic mass is 10.1. The van der Waals surface area contributed by atoms with Gasteiger partial charge in [0, 0.05) is 11.9 Å². The lowest BCUT2D eigenvalue weighted by Crippen LogP contribution is -2.38. The summed E-state index contributed by atoms with van der Waals surface area (Å²) in [6.07, 6.45) is -2.43. The lowest BCUT2D eigenvalue weighted by molar-refractivity contribution is -0.0619. The molecule has 0 saturated carbocycles. The van der Waals surface area contributed by atoms with Crippen LogP contribution in [0, 0.1) is 0 Å². The number of nitrogens with zero attached hydrogens (tertiary/aromatic N) is 5. The minimum atomic E-state index is -5.29. The lowest BCUT2D eigenvalue weighted by Gasteiger charge is -2.29. The number of esters is 1. The summed E-state index contributed by atoms with van der Waals surface area (Å²) in [4.78, 5) is 64.6. The predicted molar refractivity (Wildman–Crippen MR) is 270 cm³/mol. The zero-order chi connectivity index (χ0) is 52.7. The van der Waals surface area contributed by atoms with Gasteiger partial charge in [-0.05, 0) is 65.3 Å². The summed E-state index contributed by atoms with van der Waals surface area (Å²) in [6.45, 7) is -3.73. The van der Waals surface area contributed by atoms with Crippen molar-refractivity contribution in [1.82, 2.24) is 29.1 Å². The molecule has 6 heterocycles. The molecule has 3 fully saturated rings. The van der Waals surface area contributed by atoms with Crippen molar-refractivity contribution in [3.63, 3.8) is 0 Å². The summed E-state index contributed by atoms with van der Waals surface area (Å²) in [5, 5.41) is 0. The van der Waals surface area contributed by atoms with Gasteiger partial charge in [0.2, 0.25) is 0 Å². The maximum atomic E-state index is 17.0. The first-order valence-electron chi connectivity index (χ1n) is 24.4. The average Bonchev–Trinajstić information content (AvgIpc) is 4.07. The zero-order valence-corrected chi connectivity index (χ0v) is 43.1. The number of ether oxygens (including phenoxy) is 4. The fourth-order valence-electron chi connectivity index (χ4n) is 8.76. The number of hydrogen-bond acceptors (Lipinski definition) is 18. The Hall–Kier alpha value is -5.65. The van der Waals surface area contributed by atoms with Crippen LogP contribution in [-0.4, -0.2) is 96.5 Å². The molecule has 3 aliphatic rings. The van der Waals surface area contributed by atoms with Gasteiger partial charge in [-0.2, -0.15) is 0 Å². The van der Waals surface area contributed by atoms with E-state index in [9.17, 15) is 23.8 Å². The number of hydrogen-bond donors (Lipinski definition) is 3. The maximum Gasteiger partial charge on any atom is 0.472 e. The highest BCUT2D eigenvalue weighted by Crippen LogP contribution is 2.65. The van der Waals surface area contributed by atoms with E-state index in [0.29, 0.717) is 40.4 Å². The topological polar surface area (TPSA) is 270 Å². The van der Waals surface area contributed by atoms with Crippen LogP contribution >= 0.6 is 26.0 Å². The number of halogens is 2. The van der Waals surface area contributed by atoms with Gasteiger partial charge in [0.15, 0.2) is 36.3 Å². The number of unbranched alkanes of at least 4 members (excludes halogenated alkanes) is 7. The number of anilines is 1. The Morgan fingerprint density at radius 1 is 0.813 bits per heavy atom. The van der Waals surface area contributed by atoms with E-state index in [4.69, 9.17) is 42.8 Å². The number of nitrogens with one attached hydrogen (secondary N) is 1. The number of phosphoric ester groups is 1. The van der Waals surface area contributed by atoms with Crippen LogP contribution in [-0.2, 0) is 42.5 Å². The molecule has 9 rings (SSSR count). The van der Waals surface area contributed by atoms with E-state index in [1.54, 1.807) is 66.7 Å². The first kappa shape index (κ1) is 54.2. The first-order chi connectivity index (χ1) is 36.2. The van der Waals surface area contributed by atoms with E-state index in [0.717, 1.165) is 29.9 Å². The SMILES string of the molecule is CCCCCCCCCCOc1ccc(C(=O)Oc2ccc(CSP3(=O)OC[C@H]4O[C@@H](n5cnc6c(N)ncnc65)[C@H](F)[C@@H]4OP(=O)(O)OC[C@H]4O[C@@H](n5cc(-c6ccccc6)c(=O)[nH]c5=O)[C@H](F)[C@@H]4O3)cc2)cc1. The number of nitrogen functional groups attached to an aromatic ring is 1. The number of carbonyl (C=O) groups is 1. The van der Waals surface area contributed by atoms with Crippen molar-refractivity contribution in [2.45, 2.75) is 113 Å². The zero-order valence-electron chi connectivity index (χ0n) is 40.5. The van der Waals surface area contributed by atoms with Crippen LogP contribution in [0.3, 0.4) is 0 Å². The minimum Gasteiger partial charge on any atom is -0.494 e. The van der Waals surface area contributed by atoms with Crippen molar-refractivity contribution in [1.29, 1.82) is 0 Å². The second-order valence-electron chi connectivity index (χ2n) is 18.0. The van der Waals surface area contributed by atoms with Gasteiger partial charge in [-0.25, -0.2) is 42.5 Å². The van der Waals surface area contributed by atoms with E-state index in [2.05, 4.69) is 26.9 Å². The van der Waals surface area contributed by atoms with Gasteiger partial charge in [0.25, 0.3) is 5.56 Å². The van der Waals surface area contributed by atoms with E-state index in [-0.39, 0.29) is 34.0 Å². The predicted octanol–water partition coefficient (Wildman–Crippen LogP) is 8.79. The summed E-state index contributed by atoms with van der Waals surface area (Å²) in [5.41, 5.74) is 5.41. The van der Waals surface area contributed by atoms with E-state index in [1.807, 2.05) is 0 Å². The summed E-state index contributed by atoms with van der Waals surface area (Å²) < 4.78 is 110. The van der Waals surface area contributed by atoms with Gasteiger partial charge in [0.05, 0.1) is 37.3 Å². The van der Waals surface area contributed by atoms with Gasteiger partial charge in [0.1, 0.15) is 47.8 Å². The number of benzene rings is 3. The normalized spacial score (nSPS) is 27.0. The second kappa shape index (κ2) is 24.1. The number of carbonyl (C=O) groups excluding carboxylic acids is 1. The van der Waals surface area contributed by atoms with Crippen molar-refractivity contribution in [2.75, 3.05) is 25.6 Å². The smallest absolute Gasteiger partial charge is 0.472 e. The quantitative estimate of drug-likeness (QED) is 0.0314. The summed E-state index contributed by atoms with van der Waals surface area (Å²) in [5.74, 6) is 0.0667. The molecule has 0 radical (unpaired) electrons. The second-order valence-corrected chi connectivity index (χ2v) is 23.4. The average molecular weight is 1100 g/mol. The molecular formula is C49H55F2N7O14P2S. The summed E-state index contributed by atoms with van der Waals surface area (Å²) in [7, 11) is -5.29. The fraction of sp³-hybridized carbons (Fsp3) is 0.429. The van der Waals surface area contributed by atoms with Crippen LogP contribution in [0.2, 0.25) is 0 Å². The maximum absolute atomic E-state index is 17.0. The fourth-order valence-corrected chi connectivity index (χ4v) is 13.1. The standard InChI is InChI=1S/C49H55F2N7O14P2S/c1-2-3-4-5-6-7-8-12-23-65-33-21-17-32(18-22-33)48(60)68-34-19-15-30(16-20-34)27-75-74(64)67-26-37-41(38(50)47(70-37)58-29-55-40-43(52)53-28-54-44(40)58)71-73(62,63)66-25-36-42(72-74)39(51)46(69-36)57-24-35(45(59)56-49(57)61)31-13-10-9-11-14-31/h9-11,13-22,24,28-29,36-39,41-42,46-47H,2-8,12,23,25-27H2,1H3,(H,62,63)(H2,52,53,54)(H,56,59,61)/t36-,37-,38-,39-,41-,42-,46-,47-,74?/m1/s1. The first-order valence-corrected chi connectivity index (χ1v) is 29.0. The van der Waals surface area contributed by atoms with Crippen LogP contribution in [0.15, 0.2) is 107 Å². The molecule has 4 N–H and O–H groups in total. The minimum absolute atomic E-state index is 0.0172. The Bertz CT molecular complexity index is 3140. The van der Waals surface area contributed by atoms with Crippen molar-refractivity contribution in [3.8, 4) is 22.6 Å². The highest BCUT2D eigenvalue weighted by molar-refractivity contribution is 8.54. The number of alkyl halides is 2. The van der Waals surface area contributed by atoms with Crippen molar-refractivity contribution >= 4 is 49.0 Å². The third kappa shape index (κ3) is 13.0. The molecule has 0 amide bonds. The van der Waals surface area contributed by atoms with Crippen LogP contribution in [0.1, 0.15) is 86.7 Å². The molecule has 0 spiro atoms. The van der Waals surface area contributed by atoms with Gasteiger partial charge in [-0.15, -0.1) is 0 Å². The van der Waals surface area contributed by atoms with Crippen LogP contribution in [0.25, 0.3) is 22.3 Å². The molecule has 400 valence electrons. The summed E-state index contributed by atoms with van der Waals surface area (Å²) in [6, 6.07) is 21.0. The Morgan fingerprint density at radius 2 is 1.45 bits per heavy atom. The molecule has 3 aromatic carbocycles. The number of imidazole rings is 1. The molecule has 26 heteroatoms. The van der Waals surface area contributed by atoms with Crippen molar-refractivity contribution < 1.29 is 64.6 Å². The molecule has 21 nitrogen and oxygen atoms in total. The molecule has 10 atom stereocenters. The van der Waals surface area contributed by atoms with Crippen molar-refractivity contribution in [2.24, 2.45) is 0 Å². The number of nitrogens with two attached hydrogens (primary N) is 1. The van der Waals surface area contributed by atoms with Crippen LogP contribution in [0.5, 0.6) is 11.5 Å². The van der Waals surface area contributed by atoms with Gasteiger partial charge in [-0.1, -0.05) is 94.3 Å². The van der Waals surface area contributed by atoms with E-state index in [1.165, 1.54) is 61.6 Å².